The van der Waals surface area contributed by atoms with E-state index in [-0.39, 0.29) is 0 Å². The Bertz CT molecular complexity index is 300. The van der Waals surface area contributed by atoms with Crippen molar-refractivity contribution in [3.63, 3.8) is 0 Å². The van der Waals surface area contributed by atoms with Crippen molar-refractivity contribution in [3.8, 4) is 0 Å². The first kappa shape index (κ1) is 7.34. The topological polar surface area (TPSA) is 0 Å². The minimum atomic E-state index is 1.28. The monoisotopic (exact) mass is 194 g/mol. The maximum absolute atomic E-state index is 2.33. The predicted molar refractivity (Wildman–Crippen MR) is 55.3 cm³/mol. The van der Waals surface area contributed by atoms with Crippen LogP contribution >= 0.6 is 23.5 Å². The van der Waals surface area contributed by atoms with Crippen LogP contribution in [0.5, 0.6) is 0 Å². The third-order valence-corrected chi connectivity index (χ3v) is 4.90. The van der Waals surface area contributed by atoms with Gasteiger partial charge in [-0.15, -0.1) is 23.5 Å². The third-order valence-electron chi connectivity index (χ3n) is 2.55. The summed E-state index contributed by atoms with van der Waals surface area (Å²) in [6.07, 6.45) is 2.59. The van der Waals surface area contributed by atoms with Gasteiger partial charge < -0.3 is 0 Å². The molecule has 62 valence electrons. The minimum Gasteiger partial charge on any atom is -0.125 e. The minimum absolute atomic E-state index is 1.28. The Morgan fingerprint density at radius 2 is 1.92 bits per heavy atom. The normalized spacial score (nSPS) is 19.3. The number of thioether (sulfide) groups is 2. The lowest BCUT2D eigenvalue weighted by atomic mass is 10.0. The Balaban J connectivity index is 2.29. The molecule has 0 amide bonds. The average molecular weight is 194 g/mol. The lowest BCUT2D eigenvalue weighted by Gasteiger charge is -2.03. The van der Waals surface area contributed by atoms with Crippen LogP contribution in [-0.2, 0) is 12.8 Å². The van der Waals surface area contributed by atoms with Crippen molar-refractivity contribution in [2.24, 2.45) is 0 Å². The lowest BCUT2D eigenvalue weighted by Crippen LogP contribution is -1.91. The number of benzene rings is 1. The Kier molecular flexibility index (Phi) is 1.66. The lowest BCUT2D eigenvalue weighted by molar-refractivity contribution is 1.03. The molecule has 0 saturated carbocycles. The summed E-state index contributed by atoms with van der Waals surface area (Å²) in [7, 11) is 0. The summed E-state index contributed by atoms with van der Waals surface area (Å²) in [6, 6.07) is 4.64. The van der Waals surface area contributed by atoms with Crippen molar-refractivity contribution in [1.82, 2.24) is 0 Å². The molecule has 3 aliphatic rings. The van der Waals surface area contributed by atoms with Crippen molar-refractivity contribution in [1.29, 1.82) is 0 Å². The van der Waals surface area contributed by atoms with Crippen LogP contribution in [0.1, 0.15) is 11.1 Å². The Morgan fingerprint density at radius 3 is 2.92 bits per heavy atom. The fraction of sp³-hybridized carbons (Fsp3) is 0.400. The molecule has 1 aromatic carbocycles. The first-order chi connectivity index (χ1) is 5.95. The van der Waals surface area contributed by atoms with Gasteiger partial charge in [-0.05, 0) is 30.0 Å². The summed E-state index contributed by atoms with van der Waals surface area (Å²) in [5.41, 5.74) is 3.28. The first-order valence-electron chi connectivity index (χ1n) is 4.35. The van der Waals surface area contributed by atoms with Crippen LogP contribution in [0.15, 0.2) is 21.9 Å². The predicted octanol–water partition coefficient (Wildman–Crippen LogP) is 2.98. The Hall–Kier alpha value is -0.0800. The summed E-state index contributed by atoms with van der Waals surface area (Å²) in [5.74, 6) is 2.59. The van der Waals surface area contributed by atoms with E-state index in [1.54, 1.807) is 16.0 Å². The fourth-order valence-corrected chi connectivity index (χ4v) is 4.40. The van der Waals surface area contributed by atoms with Crippen LogP contribution in [0.2, 0.25) is 0 Å². The number of hydrogen-bond donors (Lipinski definition) is 0. The standard InChI is InChI=1S/C10H10S2/c1-2-9-10-8(4-6-12-10)7(1)3-5-11-9/h1-2H,3-6H2. The van der Waals surface area contributed by atoms with E-state index in [0.29, 0.717) is 0 Å². The molecule has 0 radical (unpaired) electrons. The van der Waals surface area contributed by atoms with Crippen LogP contribution in [0, 0.1) is 0 Å². The van der Waals surface area contributed by atoms with Crippen molar-refractivity contribution in [2.75, 3.05) is 11.5 Å². The molecule has 0 aromatic heterocycles. The number of rotatable bonds is 0. The van der Waals surface area contributed by atoms with E-state index in [2.05, 4.69) is 23.9 Å². The van der Waals surface area contributed by atoms with E-state index in [0.717, 1.165) is 0 Å². The van der Waals surface area contributed by atoms with Crippen molar-refractivity contribution in [3.05, 3.63) is 23.3 Å². The molecule has 2 bridgehead atoms. The molecule has 4 rings (SSSR count). The van der Waals surface area contributed by atoms with Crippen molar-refractivity contribution in [2.45, 2.75) is 22.6 Å². The molecule has 0 N–H and O–H groups in total. The van der Waals surface area contributed by atoms with E-state index < -0.39 is 0 Å². The van der Waals surface area contributed by atoms with E-state index in [1.165, 1.54) is 29.2 Å². The van der Waals surface area contributed by atoms with Gasteiger partial charge in [-0.25, -0.2) is 0 Å². The zero-order valence-electron chi connectivity index (χ0n) is 6.80. The van der Waals surface area contributed by atoms with Crippen LogP contribution in [0.25, 0.3) is 0 Å². The van der Waals surface area contributed by atoms with E-state index >= 15 is 0 Å². The molecule has 0 atom stereocenters. The summed E-state index contributed by atoms with van der Waals surface area (Å²) in [4.78, 5) is 3.14. The molecule has 1 aromatic rings. The highest BCUT2D eigenvalue weighted by molar-refractivity contribution is 8.02. The van der Waals surface area contributed by atoms with Gasteiger partial charge in [-0.3, -0.25) is 0 Å². The molecule has 3 aliphatic heterocycles. The highest BCUT2D eigenvalue weighted by Crippen LogP contribution is 2.43. The van der Waals surface area contributed by atoms with E-state index in [4.69, 9.17) is 0 Å². The smallest absolute Gasteiger partial charge is 0.0243 e. The molecule has 2 heteroatoms. The number of fused-ring (bicyclic) bond motifs is 3. The van der Waals surface area contributed by atoms with Gasteiger partial charge >= 0.3 is 0 Å². The first-order valence-corrected chi connectivity index (χ1v) is 6.32. The number of aryl methyl sites for hydroxylation is 1. The average Bonchev–Trinajstić information content (AvgIpc) is 2.40. The second-order valence-electron chi connectivity index (χ2n) is 3.23. The Labute approximate surface area is 81.1 Å². The largest absolute Gasteiger partial charge is 0.125 e. The summed E-state index contributed by atoms with van der Waals surface area (Å²) < 4.78 is 0. The Morgan fingerprint density at radius 1 is 1.00 bits per heavy atom. The second-order valence-corrected chi connectivity index (χ2v) is 5.47. The molecule has 0 saturated heterocycles. The number of hydrogen-bond acceptors (Lipinski definition) is 2. The fourth-order valence-electron chi connectivity index (χ4n) is 1.95. The van der Waals surface area contributed by atoms with Gasteiger partial charge in [0.15, 0.2) is 0 Å². The molecule has 0 spiro atoms. The van der Waals surface area contributed by atoms with Crippen LogP contribution in [0.4, 0.5) is 0 Å². The van der Waals surface area contributed by atoms with Gasteiger partial charge in [-0.2, -0.15) is 0 Å². The molecule has 0 aliphatic carbocycles. The summed E-state index contributed by atoms with van der Waals surface area (Å²) in [6.45, 7) is 0. The van der Waals surface area contributed by atoms with Gasteiger partial charge in [0.1, 0.15) is 0 Å². The van der Waals surface area contributed by atoms with Crippen molar-refractivity contribution >= 4 is 23.5 Å². The van der Waals surface area contributed by atoms with E-state index in [1.807, 2.05) is 11.8 Å². The summed E-state index contributed by atoms with van der Waals surface area (Å²) in [5, 5.41) is 0. The maximum Gasteiger partial charge on any atom is 0.0243 e. The molecular weight excluding hydrogens is 184 g/mol. The SMILES string of the molecule is c1cc2c3c(c1CCS2)CCS3. The summed E-state index contributed by atoms with van der Waals surface area (Å²) >= 11 is 4.08. The quantitative estimate of drug-likeness (QED) is 0.622. The van der Waals surface area contributed by atoms with E-state index in [9.17, 15) is 0 Å². The highest BCUT2D eigenvalue weighted by Gasteiger charge is 2.21. The van der Waals surface area contributed by atoms with Crippen molar-refractivity contribution < 1.29 is 0 Å². The van der Waals surface area contributed by atoms with Crippen LogP contribution in [-0.4, -0.2) is 11.5 Å². The van der Waals surface area contributed by atoms with Gasteiger partial charge in [-0.1, -0.05) is 6.07 Å². The zero-order valence-corrected chi connectivity index (χ0v) is 8.43. The van der Waals surface area contributed by atoms with Gasteiger partial charge in [0, 0.05) is 21.3 Å². The molecule has 0 fully saturated rings. The van der Waals surface area contributed by atoms with Gasteiger partial charge in [0.25, 0.3) is 0 Å². The molecule has 0 nitrogen and oxygen atoms in total. The van der Waals surface area contributed by atoms with Crippen LogP contribution < -0.4 is 0 Å². The van der Waals surface area contributed by atoms with Crippen LogP contribution in [0.3, 0.4) is 0 Å². The van der Waals surface area contributed by atoms with Gasteiger partial charge in [0.2, 0.25) is 0 Å². The highest BCUT2D eigenvalue weighted by atomic mass is 32.2. The molecule has 3 heterocycles. The molecule has 0 unspecified atom stereocenters. The molecule has 12 heavy (non-hydrogen) atoms. The zero-order chi connectivity index (χ0) is 7.97. The second kappa shape index (κ2) is 2.71. The van der Waals surface area contributed by atoms with Gasteiger partial charge in [0.05, 0.1) is 0 Å². The molecular formula is C10H10S2. The third kappa shape index (κ3) is 0.944. The maximum atomic E-state index is 2.33.